The van der Waals surface area contributed by atoms with Crippen LogP contribution in [-0.2, 0) is 10.0 Å². The fourth-order valence-electron chi connectivity index (χ4n) is 1.31. The zero-order valence-corrected chi connectivity index (χ0v) is 10.3. The van der Waals surface area contributed by atoms with Crippen molar-refractivity contribution < 1.29 is 8.42 Å². The second kappa shape index (κ2) is 5.61. The smallest absolute Gasteiger partial charge is 0.209 e. The summed E-state index contributed by atoms with van der Waals surface area (Å²) in [6.07, 6.45) is 0.399. The third kappa shape index (κ3) is 5.29. The minimum atomic E-state index is -3.41. The summed E-state index contributed by atoms with van der Waals surface area (Å²) >= 11 is 0. The quantitative estimate of drug-likeness (QED) is 0.737. The Morgan fingerprint density at radius 3 is 2.82 bits per heavy atom. The van der Waals surface area contributed by atoms with E-state index in [0.717, 1.165) is 5.69 Å². The number of rotatable bonds is 5. The SMILES string of the molecule is Cc1cc(C#N)cc(NCCCS(N)(=O)=O)n1. The second-order valence-corrected chi connectivity index (χ2v) is 5.38. The molecule has 1 aromatic heterocycles. The van der Waals surface area contributed by atoms with Gasteiger partial charge in [-0.15, -0.1) is 0 Å². The number of pyridine rings is 1. The van der Waals surface area contributed by atoms with Crippen molar-refractivity contribution in [3.8, 4) is 6.07 Å². The molecule has 0 aliphatic heterocycles. The molecule has 1 heterocycles. The molecule has 0 unspecified atom stereocenters. The number of sulfonamides is 1. The highest BCUT2D eigenvalue weighted by molar-refractivity contribution is 7.89. The first-order valence-corrected chi connectivity index (χ1v) is 6.75. The van der Waals surface area contributed by atoms with Gasteiger partial charge >= 0.3 is 0 Å². The van der Waals surface area contributed by atoms with Crippen molar-refractivity contribution >= 4 is 15.8 Å². The molecule has 92 valence electrons. The maximum atomic E-state index is 10.7. The number of hydrogen-bond donors (Lipinski definition) is 2. The van der Waals surface area contributed by atoms with Gasteiger partial charge in [0.15, 0.2) is 0 Å². The van der Waals surface area contributed by atoms with E-state index >= 15 is 0 Å². The predicted octanol–water partition coefficient (Wildman–Crippen LogP) is 0.352. The van der Waals surface area contributed by atoms with Crippen LogP contribution in [0.3, 0.4) is 0 Å². The molecule has 0 spiro atoms. The van der Waals surface area contributed by atoms with Crippen LogP contribution in [0.4, 0.5) is 5.82 Å². The number of nitrogens with zero attached hydrogens (tertiary/aromatic N) is 2. The summed E-state index contributed by atoms with van der Waals surface area (Å²) in [7, 11) is -3.41. The van der Waals surface area contributed by atoms with Crippen molar-refractivity contribution in [2.45, 2.75) is 13.3 Å². The van der Waals surface area contributed by atoms with Gasteiger partial charge in [0.2, 0.25) is 10.0 Å². The van der Waals surface area contributed by atoms with Crippen molar-refractivity contribution in [1.82, 2.24) is 4.98 Å². The minimum absolute atomic E-state index is 0.0725. The van der Waals surface area contributed by atoms with Crippen LogP contribution in [0, 0.1) is 18.3 Å². The Morgan fingerprint density at radius 1 is 1.53 bits per heavy atom. The lowest BCUT2D eigenvalue weighted by atomic mass is 10.2. The summed E-state index contributed by atoms with van der Waals surface area (Å²) in [5.41, 5.74) is 1.25. The molecular formula is C10H14N4O2S. The summed E-state index contributed by atoms with van der Waals surface area (Å²) in [6.45, 7) is 2.23. The van der Waals surface area contributed by atoms with E-state index in [0.29, 0.717) is 24.3 Å². The van der Waals surface area contributed by atoms with E-state index in [2.05, 4.69) is 10.3 Å². The molecule has 6 nitrogen and oxygen atoms in total. The Labute approximate surface area is 101 Å². The molecule has 1 rings (SSSR count). The van der Waals surface area contributed by atoms with Crippen LogP contribution in [0.15, 0.2) is 12.1 Å². The Morgan fingerprint density at radius 2 is 2.24 bits per heavy atom. The molecule has 0 saturated carbocycles. The Balaban J connectivity index is 2.53. The van der Waals surface area contributed by atoms with E-state index in [1.807, 2.05) is 6.07 Å². The van der Waals surface area contributed by atoms with Gasteiger partial charge in [-0.05, 0) is 25.5 Å². The Hall–Kier alpha value is -1.65. The highest BCUT2D eigenvalue weighted by atomic mass is 32.2. The van der Waals surface area contributed by atoms with E-state index in [4.69, 9.17) is 10.4 Å². The third-order valence-corrected chi connectivity index (χ3v) is 2.85. The Bertz CT molecular complexity index is 534. The molecule has 17 heavy (non-hydrogen) atoms. The van der Waals surface area contributed by atoms with Crippen LogP contribution >= 0.6 is 0 Å². The lowest BCUT2D eigenvalue weighted by molar-refractivity contribution is 0.595. The van der Waals surface area contributed by atoms with Crippen LogP contribution in [-0.4, -0.2) is 25.7 Å². The summed E-state index contributed by atoms with van der Waals surface area (Å²) in [4.78, 5) is 4.17. The highest BCUT2D eigenvalue weighted by Gasteiger charge is 2.03. The van der Waals surface area contributed by atoms with Gasteiger partial charge in [0.05, 0.1) is 17.4 Å². The number of nitrogens with two attached hydrogens (primary N) is 1. The number of nitrogens with one attached hydrogen (secondary N) is 1. The normalized spacial score (nSPS) is 10.9. The zero-order chi connectivity index (χ0) is 12.9. The first-order chi connectivity index (χ1) is 7.90. The van der Waals surface area contributed by atoms with Crippen molar-refractivity contribution in [3.05, 3.63) is 23.4 Å². The third-order valence-electron chi connectivity index (χ3n) is 1.99. The first-order valence-electron chi connectivity index (χ1n) is 5.04. The molecule has 0 aliphatic rings. The lowest BCUT2D eigenvalue weighted by Gasteiger charge is -2.06. The molecule has 0 radical (unpaired) electrons. The molecule has 1 aromatic rings. The predicted molar refractivity (Wildman–Crippen MR) is 64.8 cm³/mol. The number of hydrogen-bond acceptors (Lipinski definition) is 5. The van der Waals surface area contributed by atoms with Crippen LogP contribution in [0.1, 0.15) is 17.7 Å². The van der Waals surface area contributed by atoms with E-state index in [9.17, 15) is 8.42 Å². The molecule has 0 amide bonds. The van der Waals surface area contributed by atoms with Crippen LogP contribution in [0.2, 0.25) is 0 Å². The molecule has 0 bridgehead atoms. The lowest BCUT2D eigenvalue weighted by Crippen LogP contribution is -2.18. The van der Waals surface area contributed by atoms with E-state index < -0.39 is 10.0 Å². The summed E-state index contributed by atoms with van der Waals surface area (Å²) < 4.78 is 21.4. The average Bonchev–Trinajstić information content (AvgIpc) is 2.22. The summed E-state index contributed by atoms with van der Waals surface area (Å²) in [5.74, 6) is 0.493. The fourth-order valence-corrected chi connectivity index (χ4v) is 1.86. The average molecular weight is 254 g/mol. The number of nitriles is 1. The second-order valence-electron chi connectivity index (χ2n) is 3.64. The standard InChI is InChI=1S/C10H14N4O2S/c1-8-5-9(7-11)6-10(14-8)13-3-2-4-17(12,15)16/h5-6H,2-4H2,1H3,(H,13,14)(H2,12,15,16). The molecule has 0 fully saturated rings. The zero-order valence-electron chi connectivity index (χ0n) is 9.47. The summed E-state index contributed by atoms with van der Waals surface area (Å²) in [5, 5.41) is 16.6. The van der Waals surface area contributed by atoms with Crippen molar-refractivity contribution in [3.63, 3.8) is 0 Å². The van der Waals surface area contributed by atoms with Gasteiger partial charge in [0.1, 0.15) is 5.82 Å². The van der Waals surface area contributed by atoms with Gasteiger partial charge in [-0.1, -0.05) is 0 Å². The van der Waals surface area contributed by atoms with Crippen molar-refractivity contribution in [2.24, 2.45) is 5.14 Å². The van der Waals surface area contributed by atoms with E-state index in [1.165, 1.54) is 0 Å². The summed E-state index contributed by atoms with van der Waals surface area (Å²) in [6, 6.07) is 5.32. The molecule has 0 aliphatic carbocycles. The van der Waals surface area contributed by atoms with Crippen LogP contribution < -0.4 is 10.5 Å². The Kier molecular flexibility index (Phi) is 4.43. The molecule has 7 heteroatoms. The minimum Gasteiger partial charge on any atom is -0.370 e. The molecule has 0 saturated heterocycles. The van der Waals surface area contributed by atoms with Gasteiger partial charge in [0, 0.05) is 12.2 Å². The molecular weight excluding hydrogens is 240 g/mol. The van der Waals surface area contributed by atoms with Crippen molar-refractivity contribution in [2.75, 3.05) is 17.6 Å². The van der Waals surface area contributed by atoms with E-state index in [1.54, 1.807) is 19.1 Å². The maximum absolute atomic E-state index is 10.7. The van der Waals surface area contributed by atoms with E-state index in [-0.39, 0.29) is 5.75 Å². The first kappa shape index (κ1) is 13.4. The monoisotopic (exact) mass is 254 g/mol. The topological polar surface area (TPSA) is 109 Å². The van der Waals surface area contributed by atoms with Gasteiger partial charge in [-0.2, -0.15) is 5.26 Å². The van der Waals surface area contributed by atoms with Gasteiger partial charge in [0.25, 0.3) is 0 Å². The van der Waals surface area contributed by atoms with Crippen LogP contribution in [0.25, 0.3) is 0 Å². The number of aryl methyl sites for hydroxylation is 1. The van der Waals surface area contributed by atoms with Crippen LogP contribution in [0.5, 0.6) is 0 Å². The maximum Gasteiger partial charge on any atom is 0.209 e. The largest absolute Gasteiger partial charge is 0.370 e. The molecule has 0 atom stereocenters. The number of primary sulfonamides is 1. The molecule has 3 N–H and O–H groups in total. The molecule has 0 aromatic carbocycles. The van der Waals surface area contributed by atoms with Crippen molar-refractivity contribution in [1.29, 1.82) is 5.26 Å². The number of anilines is 1. The highest BCUT2D eigenvalue weighted by Crippen LogP contribution is 2.09. The number of aromatic nitrogens is 1. The van der Waals surface area contributed by atoms with Gasteiger partial charge < -0.3 is 5.32 Å². The fraction of sp³-hybridized carbons (Fsp3) is 0.400. The van der Waals surface area contributed by atoms with Gasteiger partial charge in [-0.25, -0.2) is 18.5 Å². The van der Waals surface area contributed by atoms with Gasteiger partial charge in [-0.3, -0.25) is 0 Å².